The first-order valence-corrected chi connectivity index (χ1v) is 1.66. The van der Waals surface area contributed by atoms with E-state index in [0.717, 1.165) is 12.2 Å². The van der Waals surface area contributed by atoms with Gasteiger partial charge in [0.05, 0.1) is 6.26 Å². The topological polar surface area (TPSA) is 60.7 Å². The smallest absolute Gasteiger partial charge is 0.274 e. The Morgan fingerprint density at radius 2 is 1.86 bits per heavy atom. The molecule has 0 amide bonds. The van der Waals surface area contributed by atoms with Crippen LogP contribution < -0.4 is 0 Å². The zero-order valence-corrected chi connectivity index (χ0v) is 3.57. The van der Waals surface area contributed by atoms with Crippen molar-refractivity contribution in [3.05, 3.63) is 24.4 Å². The fourth-order valence-electron chi connectivity index (χ4n) is 0.129. The molecule has 7 heavy (non-hydrogen) atoms. The molecule has 0 aromatic heterocycles. The van der Waals surface area contributed by atoms with Gasteiger partial charge in [-0.05, 0) is 6.08 Å². The van der Waals surface area contributed by atoms with Crippen molar-refractivity contribution in [1.82, 2.24) is 0 Å². The Morgan fingerprint density at radius 3 is 2.00 bits per heavy atom. The third-order valence-electron chi connectivity index (χ3n) is 0.331. The van der Waals surface area contributed by atoms with E-state index in [1.807, 2.05) is 0 Å². The Balaban J connectivity index is 3.46. The van der Waals surface area contributed by atoms with E-state index in [2.05, 4.69) is 0 Å². The molecule has 0 heterocycles. The number of hydrogen-bond donors (Lipinski definition) is 3. The van der Waals surface area contributed by atoms with Gasteiger partial charge in [0.2, 0.25) is 0 Å². The molecule has 0 rings (SSSR count). The van der Waals surface area contributed by atoms with Crippen molar-refractivity contribution in [2.45, 2.75) is 0 Å². The Bertz CT molecular complexity index is 89.1. The summed E-state index contributed by atoms with van der Waals surface area (Å²) in [5, 5.41) is 23.7. The molecule has 0 atom stereocenters. The first kappa shape index (κ1) is 5.88. The van der Waals surface area contributed by atoms with Crippen molar-refractivity contribution in [1.29, 1.82) is 0 Å². The molecule has 0 saturated heterocycles. The van der Waals surface area contributed by atoms with E-state index < -0.39 is 5.95 Å². The van der Waals surface area contributed by atoms with Gasteiger partial charge in [0.25, 0.3) is 5.95 Å². The quantitative estimate of drug-likeness (QED) is 0.342. The molecule has 0 fully saturated rings. The third-order valence-corrected chi connectivity index (χ3v) is 0.331. The first-order chi connectivity index (χ1) is 3.27. The Kier molecular flexibility index (Phi) is 2.59. The molecule has 0 spiro atoms. The molecule has 0 aliphatic heterocycles. The predicted octanol–water partition coefficient (Wildman–Crippen LogP) is 1.02. The summed E-state index contributed by atoms with van der Waals surface area (Å²) in [6.45, 7) is 0. The van der Waals surface area contributed by atoms with Crippen molar-refractivity contribution in [2.75, 3.05) is 0 Å². The van der Waals surface area contributed by atoms with Crippen LogP contribution in [0.25, 0.3) is 0 Å². The first-order valence-electron chi connectivity index (χ1n) is 1.66. The SMILES string of the molecule is OC=CC=C(O)O. The van der Waals surface area contributed by atoms with Crippen molar-refractivity contribution in [3.63, 3.8) is 0 Å². The van der Waals surface area contributed by atoms with Crippen molar-refractivity contribution < 1.29 is 15.3 Å². The average molecular weight is 102 g/mol. The van der Waals surface area contributed by atoms with E-state index in [9.17, 15) is 0 Å². The highest BCUT2D eigenvalue weighted by atomic mass is 16.5. The second-order valence-electron chi connectivity index (χ2n) is 0.866. The van der Waals surface area contributed by atoms with Crippen molar-refractivity contribution in [2.24, 2.45) is 0 Å². The summed E-state index contributed by atoms with van der Waals surface area (Å²) in [5.41, 5.74) is 0. The highest BCUT2D eigenvalue weighted by Gasteiger charge is 1.72. The summed E-state index contributed by atoms with van der Waals surface area (Å²) >= 11 is 0. The molecule has 0 aliphatic carbocycles. The van der Waals surface area contributed by atoms with Crippen molar-refractivity contribution >= 4 is 0 Å². The molecule has 0 bridgehead atoms. The largest absolute Gasteiger partial charge is 0.516 e. The van der Waals surface area contributed by atoms with Crippen LogP contribution in [-0.4, -0.2) is 15.3 Å². The lowest BCUT2D eigenvalue weighted by molar-refractivity contribution is 0.191. The lowest BCUT2D eigenvalue weighted by Crippen LogP contribution is -1.70. The van der Waals surface area contributed by atoms with Gasteiger partial charge >= 0.3 is 0 Å². The number of aliphatic hydroxyl groups is 3. The zero-order valence-electron chi connectivity index (χ0n) is 3.57. The van der Waals surface area contributed by atoms with E-state index in [-0.39, 0.29) is 0 Å². The summed E-state index contributed by atoms with van der Waals surface area (Å²) in [5.74, 6) is -0.815. The molecule has 3 heteroatoms. The van der Waals surface area contributed by atoms with E-state index in [0.29, 0.717) is 6.26 Å². The molecule has 0 aromatic carbocycles. The number of hydrogen-bond acceptors (Lipinski definition) is 3. The Morgan fingerprint density at radius 1 is 1.29 bits per heavy atom. The third kappa shape index (κ3) is 4.88. The minimum absolute atomic E-state index is 0.701. The molecular formula is C4H6O3. The lowest BCUT2D eigenvalue weighted by atomic mass is 10.6. The van der Waals surface area contributed by atoms with E-state index >= 15 is 0 Å². The van der Waals surface area contributed by atoms with Crippen molar-refractivity contribution in [3.8, 4) is 0 Å². The van der Waals surface area contributed by atoms with Crippen LogP contribution in [-0.2, 0) is 0 Å². The lowest BCUT2D eigenvalue weighted by Gasteiger charge is -1.77. The van der Waals surface area contributed by atoms with Gasteiger partial charge < -0.3 is 15.3 Å². The molecule has 0 aliphatic rings. The van der Waals surface area contributed by atoms with Gasteiger partial charge in [0, 0.05) is 6.08 Å². The maximum atomic E-state index is 7.94. The van der Waals surface area contributed by atoms with E-state index in [1.54, 1.807) is 0 Å². The number of allylic oxidation sites excluding steroid dienone is 2. The monoisotopic (exact) mass is 102 g/mol. The summed E-state index contributed by atoms with van der Waals surface area (Å²) in [4.78, 5) is 0. The standard InChI is InChI=1S/C4H6O3/c5-3-1-2-4(6)7/h1-3,5-7H. The predicted molar refractivity (Wildman–Crippen MR) is 25.1 cm³/mol. The highest BCUT2D eigenvalue weighted by molar-refractivity contribution is 4.98. The van der Waals surface area contributed by atoms with Crippen LogP contribution in [0.2, 0.25) is 0 Å². The average Bonchev–Trinajstić information content (AvgIpc) is 1.61. The van der Waals surface area contributed by atoms with Crippen LogP contribution in [0.15, 0.2) is 24.4 Å². The van der Waals surface area contributed by atoms with Gasteiger partial charge in [-0.15, -0.1) is 0 Å². The molecule has 40 valence electrons. The molecule has 0 unspecified atom stereocenters. The van der Waals surface area contributed by atoms with Crippen LogP contribution >= 0.6 is 0 Å². The fourth-order valence-corrected chi connectivity index (χ4v) is 0.129. The van der Waals surface area contributed by atoms with E-state index in [1.165, 1.54) is 0 Å². The van der Waals surface area contributed by atoms with Gasteiger partial charge in [-0.3, -0.25) is 0 Å². The van der Waals surface area contributed by atoms with Gasteiger partial charge in [-0.1, -0.05) is 0 Å². The molecular weight excluding hydrogens is 96.0 g/mol. The van der Waals surface area contributed by atoms with Gasteiger partial charge in [0.1, 0.15) is 0 Å². The maximum absolute atomic E-state index is 7.94. The van der Waals surface area contributed by atoms with E-state index in [4.69, 9.17) is 15.3 Å². The second-order valence-corrected chi connectivity index (χ2v) is 0.866. The normalized spacial score (nSPS) is 9.14. The molecule has 0 radical (unpaired) electrons. The summed E-state index contributed by atoms with van der Waals surface area (Å²) < 4.78 is 0. The van der Waals surface area contributed by atoms with Crippen LogP contribution in [0, 0.1) is 0 Å². The summed E-state index contributed by atoms with van der Waals surface area (Å²) in [6.07, 6.45) is 2.74. The summed E-state index contributed by atoms with van der Waals surface area (Å²) in [6, 6.07) is 0. The Labute approximate surface area is 40.8 Å². The zero-order chi connectivity index (χ0) is 5.70. The molecule has 0 saturated carbocycles. The van der Waals surface area contributed by atoms with Gasteiger partial charge in [-0.25, -0.2) is 0 Å². The number of rotatable bonds is 1. The van der Waals surface area contributed by atoms with Gasteiger partial charge in [-0.2, -0.15) is 0 Å². The number of aliphatic hydroxyl groups excluding tert-OH is 2. The molecule has 3 nitrogen and oxygen atoms in total. The second kappa shape index (κ2) is 3.08. The fraction of sp³-hybridized carbons (Fsp3) is 0. The van der Waals surface area contributed by atoms with Crippen LogP contribution in [0.5, 0.6) is 0 Å². The molecule has 3 N–H and O–H groups in total. The minimum atomic E-state index is -0.815. The summed E-state index contributed by atoms with van der Waals surface area (Å²) in [7, 11) is 0. The van der Waals surface area contributed by atoms with Gasteiger partial charge in [0.15, 0.2) is 0 Å². The van der Waals surface area contributed by atoms with Crippen LogP contribution in [0.4, 0.5) is 0 Å². The maximum Gasteiger partial charge on any atom is 0.274 e. The minimum Gasteiger partial charge on any atom is -0.516 e. The van der Waals surface area contributed by atoms with Crippen LogP contribution in [0.1, 0.15) is 0 Å². The highest BCUT2D eigenvalue weighted by Crippen LogP contribution is 1.78. The molecule has 0 aromatic rings. The van der Waals surface area contributed by atoms with Crippen LogP contribution in [0.3, 0.4) is 0 Å². The Hall–Kier alpha value is -1.12.